The van der Waals surface area contributed by atoms with Crippen LogP contribution in [0.3, 0.4) is 0 Å². The Bertz CT molecular complexity index is 735. The van der Waals surface area contributed by atoms with Crippen LogP contribution >= 0.6 is 11.6 Å². The average Bonchev–Trinajstić information content (AvgIpc) is 2.70. The monoisotopic (exact) mass is 405 g/mol. The van der Waals surface area contributed by atoms with Crippen molar-refractivity contribution in [3.05, 3.63) is 35.5 Å². The molecule has 0 bridgehead atoms. The van der Waals surface area contributed by atoms with Crippen molar-refractivity contribution in [2.24, 2.45) is 0 Å². The van der Waals surface area contributed by atoms with Gasteiger partial charge < -0.3 is 9.84 Å². The van der Waals surface area contributed by atoms with Gasteiger partial charge in [-0.05, 0) is 37.1 Å². The molecule has 28 heavy (non-hydrogen) atoms. The van der Waals surface area contributed by atoms with Gasteiger partial charge in [0.15, 0.2) is 6.10 Å². The zero-order chi connectivity index (χ0) is 20.2. The number of nitrogens with zero attached hydrogens (tertiary/aromatic N) is 1. The molecule has 0 fully saturated rings. The molecule has 0 saturated carbocycles. The minimum Gasteiger partial charge on any atom is -0.479 e. The third-order valence-electron chi connectivity index (χ3n) is 5.04. The highest BCUT2D eigenvalue weighted by Crippen LogP contribution is 2.30. The molecule has 0 aliphatic carbocycles. The maximum atomic E-state index is 11.6. The molecular weight excluding hydrogens is 374 g/mol. The van der Waals surface area contributed by atoms with E-state index in [1.54, 1.807) is 24.4 Å². The number of aromatic nitrogens is 1. The largest absolute Gasteiger partial charge is 0.479 e. The molecule has 5 heteroatoms. The molecule has 1 heterocycles. The Kier molecular flexibility index (Phi) is 10.1. The summed E-state index contributed by atoms with van der Waals surface area (Å²) in [5, 5.41) is 10.9. The van der Waals surface area contributed by atoms with Crippen molar-refractivity contribution in [1.29, 1.82) is 0 Å². The number of fused-ring (bicyclic) bond motifs is 1. The van der Waals surface area contributed by atoms with Crippen molar-refractivity contribution in [3.8, 4) is 5.75 Å². The van der Waals surface area contributed by atoms with Crippen LogP contribution < -0.4 is 4.74 Å². The van der Waals surface area contributed by atoms with E-state index in [-0.39, 0.29) is 0 Å². The molecule has 0 saturated heterocycles. The maximum Gasteiger partial charge on any atom is 0.344 e. The number of hydrogen-bond acceptors (Lipinski definition) is 3. The van der Waals surface area contributed by atoms with Crippen molar-refractivity contribution in [2.75, 3.05) is 0 Å². The zero-order valence-electron chi connectivity index (χ0n) is 16.8. The van der Waals surface area contributed by atoms with Crippen molar-refractivity contribution >= 4 is 28.5 Å². The lowest BCUT2D eigenvalue weighted by Crippen LogP contribution is -2.27. The number of unbranched alkanes of at least 4 members (excludes halogenated alkanes) is 9. The lowest BCUT2D eigenvalue weighted by Gasteiger charge is -2.16. The lowest BCUT2D eigenvalue weighted by molar-refractivity contribution is -0.145. The van der Waals surface area contributed by atoms with Crippen LogP contribution in [0.1, 0.15) is 77.6 Å². The van der Waals surface area contributed by atoms with Gasteiger partial charge >= 0.3 is 5.97 Å². The average molecular weight is 406 g/mol. The smallest absolute Gasteiger partial charge is 0.344 e. The molecule has 2 rings (SSSR count). The second kappa shape index (κ2) is 12.6. The van der Waals surface area contributed by atoms with Crippen LogP contribution in [0.5, 0.6) is 5.75 Å². The summed E-state index contributed by atoms with van der Waals surface area (Å²) >= 11 is 6.20. The highest BCUT2D eigenvalue weighted by Gasteiger charge is 2.20. The van der Waals surface area contributed by atoms with E-state index in [2.05, 4.69) is 11.9 Å². The molecule has 1 unspecified atom stereocenters. The van der Waals surface area contributed by atoms with E-state index in [9.17, 15) is 9.90 Å². The number of rotatable bonds is 14. The van der Waals surface area contributed by atoms with Gasteiger partial charge in [0.1, 0.15) is 11.3 Å². The molecule has 4 nitrogen and oxygen atoms in total. The fourth-order valence-electron chi connectivity index (χ4n) is 3.41. The Balaban J connectivity index is 1.76. The summed E-state index contributed by atoms with van der Waals surface area (Å²) in [6.45, 7) is 2.24. The normalized spacial score (nSPS) is 12.2. The summed E-state index contributed by atoms with van der Waals surface area (Å²) in [6.07, 6.45) is 13.5. The number of ether oxygens (including phenoxy) is 1. The van der Waals surface area contributed by atoms with Crippen LogP contribution in [0.4, 0.5) is 0 Å². The van der Waals surface area contributed by atoms with Crippen LogP contribution in [0.2, 0.25) is 5.02 Å². The number of carboxylic acid groups (broad SMARTS) is 1. The predicted molar refractivity (Wildman–Crippen MR) is 115 cm³/mol. The Morgan fingerprint density at radius 1 is 1.04 bits per heavy atom. The van der Waals surface area contributed by atoms with Gasteiger partial charge in [-0.25, -0.2) is 4.79 Å². The first-order valence-corrected chi connectivity index (χ1v) is 10.9. The van der Waals surface area contributed by atoms with Gasteiger partial charge in [0.2, 0.25) is 0 Å². The first-order valence-electron chi connectivity index (χ1n) is 10.6. The van der Waals surface area contributed by atoms with Gasteiger partial charge in [0, 0.05) is 11.6 Å². The minimum absolute atomic E-state index is 0.472. The van der Waals surface area contributed by atoms with Crippen molar-refractivity contribution < 1.29 is 14.6 Å². The van der Waals surface area contributed by atoms with E-state index in [1.165, 1.54) is 44.9 Å². The Labute approximate surface area is 173 Å². The van der Waals surface area contributed by atoms with Gasteiger partial charge in [-0.2, -0.15) is 0 Å². The molecule has 0 amide bonds. The Hall–Kier alpha value is -1.81. The van der Waals surface area contributed by atoms with Crippen LogP contribution in [-0.2, 0) is 4.79 Å². The summed E-state index contributed by atoms with van der Waals surface area (Å²) in [5.41, 5.74) is 0.601. The first-order chi connectivity index (χ1) is 13.6. The maximum absolute atomic E-state index is 11.6. The summed E-state index contributed by atoms with van der Waals surface area (Å²) in [5.74, 6) is -0.463. The van der Waals surface area contributed by atoms with E-state index in [4.69, 9.17) is 16.3 Å². The second-order valence-electron chi connectivity index (χ2n) is 7.36. The topological polar surface area (TPSA) is 59.4 Å². The second-order valence-corrected chi connectivity index (χ2v) is 7.77. The van der Waals surface area contributed by atoms with Crippen LogP contribution in [-0.4, -0.2) is 22.2 Å². The van der Waals surface area contributed by atoms with E-state index >= 15 is 0 Å². The number of aliphatic carboxylic acids is 1. The standard InChI is InChI=1S/C23H32ClNO3/c1-2-3-4-5-6-7-8-9-10-11-14-21(23(26)27)28-20-16-15-19(24)18-13-12-17-25-22(18)20/h12-13,15-17,21H,2-11,14H2,1H3,(H,26,27). The van der Waals surface area contributed by atoms with Crippen LogP contribution in [0.15, 0.2) is 30.5 Å². The molecule has 1 N–H and O–H groups in total. The number of carboxylic acids is 1. The first kappa shape index (κ1) is 22.5. The van der Waals surface area contributed by atoms with E-state index in [1.807, 2.05) is 6.07 Å². The van der Waals surface area contributed by atoms with E-state index in [0.717, 1.165) is 24.6 Å². The Morgan fingerprint density at radius 3 is 2.32 bits per heavy atom. The van der Waals surface area contributed by atoms with E-state index < -0.39 is 12.1 Å². The minimum atomic E-state index is -0.935. The molecule has 1 aromatic carbocycles. The third-order valence-corrected chi connectivity index (χ3v) is 5.37. The molecule has 0 spiro atoms. The van der Waals surface area contributed by atoms with Gasteiger partial charge in [0.05, 0.1) is 5.02 Å². The summed E-state index contributed by atoms with van der Waals surface area (Å²) in [7, 11) is 0. The summed E-state index contributed by atoms with van der Waals surface area (Å²) in [4.78, 5) is 15.9. The van der Waals surface area contributed by atoms with E-state index in [0.29, 0.717) is 22.7 Å². The SMILES string of the molecule is CCCCCCCCCCCCC(Oc1ccc(Cl)c2cccnc12)C(=O)O. The van der Waals surface area contributed by atoms with Gasteiger partial charge in [-0.15, -0.1) is 0 Å². The molecule has 2 aromatic rings. The zero-order valence-corrected chi connectivity index (χ0v) is 17.6. The van der Waals surface area contributed by atoms with Crippen LogP contribution in [0, 0.1) is 0 Å². The Morgan fingerprint density at radius 2 is 1.68 bits per heavy atom. The lowest BCUT2D eigenvalue weighted by atomic mass is 10.0. The molecule has 1 atom stereocenters. The molecule has 1 aromatic heterocycles. The summed E-state index contributed by atoms with van der Waals surface area (Å²) < 4.78 is 5.81. The quantitative estimate of drug-likeness (QED) is 0.342. The molecular formula is C23H32ClNO3. The number of halogens is 1. The van der Waals surface area contributed by atoms with Crippen molar-refractivity contribution in [2.45, 2.75) is 83.7 Å². The molecule has 154 valence electrons. The van der Waals surface area contributed by atoms with Crippen molar-refractivity contribution in [3.63, 3.8) is 0 Å². The fourth-order valence-corrected chi connectivity index (χ4v) is 3.63. The van der Waals surface area contributed by atoms with Crippen LogP contribution in [0.25, 0.3) is 10.9 Å². The molecule has 0 radical (unpaired) electrons. The number of pyridine rings is 1. The highest BCUT2D eigenvalue weighted by molar-refractivity contribution is 6.35. The molecule has 0 aliphatic rings. The fraction of sp³-hybridized carbons (Fsp3) is 0.565. The number of benzene rings is 1. The van der Waals surface area contributed by atoms with Gasteiger partial charge in [-0.3, -0.25) is 4.98 Å². The predicted octanol–water partition coefficient (Wildman–Crippen LogP) is 7.03. The van der Waals surface area contributed by atoms with Crippen molar-refractivity contribution in [1.82, 2.24) is 4.98 Å². The summed E-state index contributed by atoms with van der Waals surface area (Å²) in [6, 6.07) is 7.08. The van der Waals surface area contributed by atoms with Gasteiger partial charge in [-0.1, -0.05) is 76.3 Å². The number of hydrogen-bond donors (Lipinski definition) is 1. The third kappa shape index (κ3) is 7.31. The highest BCUT2D eigenvalue weighted by atomic mass is 35.5. The number of carbonyl (C=O) groups is 1. The van der Waals surface area contributed by atoms with Gasteiger partial charge in [0.25, 0.3) is 0 Å². The molecule has 0 aliphatic heterocycles.